The fraction of sp³-hybridized carbons (Fsp3) is 0.133. The molecule has 0 saturated carbocycles. The summed E-state index contributed by atoms with van der Waals surface area (Å²) < 4.78 is 10.9. The molecule has 20 heavy (non-hydrogen) atoms. The van der Waals surface area contributed by atoms with Gasteiger partial charge in [-0.2, -0.15) is 0 Å². The molecule has 3 rings (SSSR count). The Kier molecular flexibility index (Phi) is 3.52. The number of hydrogen-bond acceptors (Lipinski definition) is 4. The molecule has 2 aromatic rings. The second-order valence-corrected chi connectivity index (χ2v) is 4.88. The van der Waals surface area contributed by atoms with E-state index in [-0.39, 0.29) is 5.91 Å². The van der Waals surface area contributed by atoms with Crippen molar-refractivity contribution < 1.29 is 14.3 Å². The standard InChI is InChI=1S/C15H13NO3S/c17-15(10-2-1-3-12(20)8-10)16-11-4-5-13-14(9-11)19-7-6-18-13/h1-5,8-9,20H,6-7H2,(H,16,17). The van der Waals surface area contributed by atoms with Crippen LogP contribution in [0.4, 0.5) is 5.69 Å². The summed E-state index contributed by atoms with van der Waals surface area (Å²) in [6.45, 7) is 1.07. The van der Waals surface area contributed by atoms with Crippen molar-refractivity contribution in [3.63, 3.8) is 0 Å². The van der Waals surface area contributed by atoms with Crippen molar-refractivity contribution in [1.29, 1.82) is 0 Å². The summed E-state index contributed by atoms with van der Waals surface area (Å²) in [5.41, 5.74) is 1.23. The molecular formula is C15H13NO3S. The minimum atomic E-state index is -0.183. The first kappa shape index (κ1) is 12.9. The topological polar surface area (TPSA) is 47.6 Å². The maximum Gasteiger partial charge on any atom is 0.255 e. The van der Waals surface area contributed by atoms with E-state index in [2.05, 4.69) is 17.9 Å². The van der Waals surface area contributed by atoms with Crippen LogP contribution in [-0.2, 0) is 0 Å². The molecule has 1 heterocycles. The lowest BCUT2D eigenvalue weighted by atomic mass is 10.2. The summed E-state index contributed by atoms with van der Waals surface area (Å²) in [4.78, 5) is 12.9. The summed E-state index contributed by atoms with van der Waals surface area (Å²) in [5.74, 6) is 1.17. The predicted octanol–water partition coefficient (Wildman–Crippen LogP) is 3.00. The normalized spacial score (nSPS) is 12.8. The van der Waals surface area contributed by atoms with Gasteiger partial charge in [-0.15, -0.1) is 12.6 Å². The third-order valence-corrected chi connectivity index (χ3v) is 3.19. The van der Waals surface area contributed by atoms with Gasteiger partial charge in [0.05, 0.1) is 0 Å². The first-order valence-electron chi connectivity index (χ1n) is 6.22. The quantitative estimate of drug-likeness (QED) is 0.835. The van der Waals surface area contributed by atoms with Crippen LogP contribution in [-0.4, -0.2) is 19.1 Å². The molecule has 0 aromatic heterocycles. The van der Waals surface area contributed by atoms with Crippen LogP contribution >= 0.6 is 12.6 Å². The van der Waals surface area contributed by atoms with Crippen LogP contribution in [0.3, 0.4) is 0 Å². The Bertz CT molecular complexity index is 657. The number of hydrogen-bond donors (Lipinski definition) is 2. The zero-order valence-corrected chi connectivity index (χ0v) is 11.5. The number of ether oxygens (including phenoxy) is 2. The van der Waals surface area contributed by atoms with Gasteiger partial charge in [0.1, 0.15) is 13.2 Å². The maximum absolute atomic E-state index is 12.1. The Hall–Kier alpha value is -2.14. The molecule has 5 heteroatoms. The fourth-order valence-electron chi connectivity index (χ4n) is 1.97. The molecule has 0 bridgehead atoms. The minimum absolute atomic E-state index is 0.183. The molecule has 1 amide bonds. The highest BCUT2D eigenvalue weighted by atomic mass is 32.1. The van der Waals surface area contributed by atoms with E-state index in [9.17, 15) is 4.79 Å². The Morgan fingerprint density at radius 2 is 1.85 bits per heavy atom. The fourth-order valence-corrected chi connectivity index (χ4v) is 2.20. The molecule has 1 N–H and O–H groups in total. The third kappa shape index (κ3) is 2.72. The van der Waals surface area contributed by atoms with E-state index in [1.165, 1.54) is 0 Å². The van der Waals surface area contributed by atoms with E-state index >= 15 is 0 Å². The summed E-state index contributed by atoms with van der Waals surface area (Å²) >= 11 is 4.22. The van der Waals surface area contributed by atoms with Gasteiger partial charge in [-0.1, -0.05) is 6.07 Å². The van der Waals surface area contributed by atoms with Gasteiger partial charge in [0.25, 0.3) is 5.91 Å². The van der Waals surface area contributed by atoms with Crippen LogP contribution in [0.5, 0.6) is 11.5 Å². The number of thiol groups is 1. The smallest absolute Gasteiger partial charge is 0.255 e. The van der Waals surface area contributed by atoms with Gasteiger partial charge >= 0.3 is 0 Å². The molecule has 0 atom stereocenters. The zero-order valence-electron chi connectivity index (χ0n) is 10.6. The number of benzene rings is 2. The third-order valence-electron chi connectivity index (χ3n) is 2.91. The largest absolute Gasteiger partial charge is 0.486 e. The maximum atomic E-state index is 12.1. The van der Waals surface area contributed by atoms with Gasteiger partial charge in [-0.25, -0.2) is 0 Å². The SMILES string of the molecule is O=C(Nc1ccc2c(c1)OCCO2)c1cccc(S)c1. The van der Waals surface area contributed by atoms with Crippen LogP contribution in [0, 0.1) is 0 Å². The summed E-state index contributed by atoms with van der Waals surface area (Å²) in [7, 11) is 0. The molecular weight excluding hydrogens is 274 g/mol. The molecule has 0 spiro atoms. The molecule has 2 aromatic carbocycles. The lowest BCUT2D eigenvalue weighted by molar-refractivity contribution is 0.102. The van der Waals surface area contributed by atoms with Gasteiger partial charge < -0.3 is 14.8 Å². The molecule has 1 aliphatic heterocycles. The Morgan fingerprint density at radius 3 is 2.65 bits per heavy atom. The van der Waals surface area contributed by atoms with Gasteiger partial charge in [0.15, 0.2) is 11.5 Å². The first-order valence-corrected chi connectivity index (χ1v) is 6.67. The lowest BCUT2D eigenvalue weighted by Gasteiger charge is -2.19. The van der Waals surface area contributed by atoms with Gasteiger partial charge in [0.2, 0.25) is 0 Å². The number of carbonyl (C=O) groups is 1. The second kappa shape index (κ2) is 5.46. The Morgan fingerprint density at radius 1 is 1.05 bits per heavy atom. The molecule has 102 valence electrons. The molecule has 0 saturated heterocycles. The highest BCUT2D eigenvalue weighted by molar-refractivity contribution is 7.80. The number of amides is 1. The van der Waals surface area contributed by atoms with E-state index in [0.29, 0.717) is 36.0 Å². The first-order chi connectivity index (χ1) is 9.72. The van der Waals surface area contributed by atoms with Crippen molar-refractivity contribution in [2.75, 3.05) is 18.5 Å². The number of fused-ring (bicyclic) bond motifs is 1. The number of rotatable bonds is 2. The average molecular weight is 287 g/mol. The van der Waals surface area contributed by atoms with Crippen LogP contribution in [0.1, 0.15) is 10.4 Å². The van der Waals surface area contributed by atoms with E-state index in [0.717, 1.165) is 4.90 Å². The monoisotopic (exact) mass is 287 g/mol. The van der Waals surface area contributed by atoms with Gasteiger partial charge in [-0.05, 0) is 30.3 Å². The molecule has 0 unspecified atom stereocenters. The molecule has 1 aliphatic rings. The van der Waals surface area contributed by atoms with Gasteiger partial charge in [-0.3, -0.25) is 4.79 Å². The van der Waals surface area contributed by atoms with Crippen molar-refractivity contribution in [2.45, 2.75) is 4.90 Å². The summed E-state index contributed by atoms with van der Waals surface area (Å²) in [6.07, 6.45) is 0. The average Bonchev–Trinajstić information content (AvgIpc) is 2.47. The highest BCUT2D eigenvalue weighted by Crippen LogP contribution is 2.32. The highest BCUT2D eigenvalue weighted by Gasteiger charge is 2.13. The van der Waals surface area contributed by atoms with Crippen molar-refractivity contribution in [1.82, 2.24) is 0 Å². The van der Waals surface area contributed by atoms with E-state index in [1.54, 1.807) is 36.4 Å². The van der Waals surface area contributed by atoms with E-state index in [1.807, 2.05) is 6.07 Å². The lowest BCUT2D eigenvalue weighted by Crippen LogP contribution is -2.16. The molecule has 0 aliphatic carbocycles. The predicted molar refractivity (Wildman–Crippen MR) is 79.1 cm³/mol. The summed E-state index contributed by atoms with van der Waals surface area (Å²) in [6, 6.07) is 12.4. The number of anilines is 1. The zero-order chi connectivity index (χ0) is 13.9. The van der Waals surface area contributed by atoms with E-state index in [4.69, 9.17) is 9.47 Å². The Labute approximate surface area is 122 Å². The second-order valence-electron chi connectivity index (χ2n) is 4.36. The Balaban J connectivity index is 1.79. The van der Waals surface area contributed by atoms with Crippen LogP contribution in [0.15, 0.2) is 47.4 Å². The number of nitrogens with one attached hydrogen (secondary N) is 1. The van der Waals surface area contributed by atoms with E-state index < -0.39 is 0 Å². The summed E-state index contributed by atoms with van der Waals surface area (Å²) in [5, 5.41) is 2.83. The van der Waals surface area contributed by atoms with Crippen molar-refractivity contribution in [3.8, 4) is 11.5 Å². The van der Waals surface area contributed by atoms with Crippen molar-refractivity contribution in [3.05, 3.63) is 48.0 Å². The molecule has 4 nitrogen and oxygen atoms in total. The van der Waals surface area contributed by atoms with Gasteiger partial charge in [0, 0.05) is 22.2 Å². The van der Waals surface area contributed by atoms with Crippen LogP contribution in [0.2, 0.25) is 0 Å². The molecule has 0 fully saturated rings. The minimum Gasteiger partial charge on any atom is -0.486 e. The van der Waals surface area contributed by atoms with Crippen LogP contribution < -0.4 is 14.8 Å². The van der Waals surface area contributed by atoms with Crippen molar-refractivity contribution >= 4 is 24.2 Å². The molecule has 0 radical (unpaired) electrons. The van der Waals surface area contributed by atoms with Crippen molar-refractivity contribution in [2.24, 2.45) is 0 Å². The number of carbonyl (C=O) groups excluding carboxylic acids is 1. The van der Waals surface area contributed by atoms with Crippen LogP contribution in [0.25, 0.3) is 0 Å².